The molecule has 142 valence electrons. The monoisotopic (exact) mass is 354 g/mol. The van der Waals surface area contributed by atoms with Crippen LogP contribution in [0.2, 0.25) is 0 Å². The molecule has 1 aliphatic carbocycles. The Morgan fingerprint density at radius 3 is 2.28 bits per heavy atom. The molecular formula is C17H30N4O4. The van der Waals surface area contributed by atoms with Gasteiger partial charge in [0.15, 0.2) is 0 Å². The fourth-order valence-corrected chi connectivity index (χ4v) is 3.19. The molecule has 2 rings (SSSR count). The molecule has 0 aromatic carbocycles. The minimum Gasteiger partial charge on any atom is -0.395 e. The molecule has 1 N–H and O–H groups in total. The Morgan fingerprint density at radius 1 is 1.04 bits per heavy atom. The van der Waals surface area contributed by atoms with Crippen LogP contribution in [0.15, 0.2) is 0 Å². The molecule has 1 aromatic heterocycles. The predicted molar refractivity (Wildman–Crippen MR) is 93.8 cm³/mol. The van der Waals surface area contributed by atoms with Crippen LogP contribution in [0.4, 0.5) is 5.95 Å². The zero-order valence-electron chi connectivity index (χ0n) is 15.5. The molecular weight excluding hydrogens is 324 g/mol. The van der Waals surface area contributed by atoms with Crippen molar-refractivity contribution in [3.63, 3.8) is 0 Å². The van der Waals surface area contributed by atoms with Gasteiger partial charge in [0.2, 0.25) is 5.95 Å². The zero-order chi connectivity index (χ0) is 18.1. The first-order valence-electron chi connectivity index (χ1n) is 8.82. The highest BCUT2D eigenvalue weighted by molar-refractivity contribution is 5.30. The number of ether oxygens (including phenoxy) is 3. The topological polar surface area (TPSA) is 89.8 Å². The van der Waals surface area contributed by atoms with E-state index in [2.05, 4.69) is 9.97 Å². The molecule has 1 aliphatic rings. The molecule has 1 fully saturated rings. The first-order chi connectivity index (χ1) is 12.2. The van der Waals surface area contributed by atoms with E-state index in [1.165, 1.54) is 12.8 Å². The number of methoxy groups -OCH3 is 3. The van der Waals surface area contributed by atoms with Crippen LogP contribution in [-0.4, -0.2) is 74.5 Å². The highest BCUT2D eigenvalue weighted by Gasteiger charge is 2.25. The van der Waals surface area contributed by atoms with Crippen molar-refractivity contribution >= 4 is 5.95 Å². The highest BCUT2D eigenvalue weighted by atomic mass is 16.5. The van der Waals surface area contributed by atoms with Gasteiger partial charge >= 0.3 is 0 Å². The van der Waals surface area contributed by atoms with E-state index in [4.69, 9.17) is 19.2 Å². The number of aromatic nitrogens is 3. The summed E-state index contributed by atoms with van der Waals surface area (Å²) in [5.41, 5.74) is 0. The van der Waals surface area contributed by atoms with Gasteiger partial charge in [-0.1, -0.05) is 12.8 Å². The standard InChI is InChI=1S/C17H30N4O4/c1-23-10-14(11-24-2)16-18-15(13-6-4-5-7-13)19-17(20-16)21(8-9-22)12-25-3/h13-14,22H,4-12H2,1-3H3. The summed E-state index contributed by atoms with van der Waals surface area (Å²) in [6.07, 6.45) is 4.62. The second kappa shape index (κ2) is 10.6. The lowest BCUT2D eigenvalue weighted by Gasteiger charge is -2.23. The number of rotatable bonds is 11. The first-order valence-corrected chi connectivity index (χ1v) is 8.82. The van der Waals surface area contributed by atoms with Crippen LogP contribution >= 0.6 is 0 Å². The van der Waals surface area contributed by atoms with Crippen molar-refractivity contribution in [1.82, 2.24) is 15.0 Å². The van der Waals surface area contributed by atoms with E-state index in [9.17, 15) is 5.11 Å². The largest absolute Gasteiger partial charge is 0.395 e. The second-order valence-corrected chi connectivity index (χ2v) is 6.35. The molecule has 1 saturated carbocycles. The van der Waals surface area contributed by atoms with Crippen molar-refractivity contribution in [2.45, 2.75) is 37.5 Å². The first kappa shape index (κ1) is 20.0. The van der Waals surface area contributed by atoms with Crippen molar-refractivity contribution in [3.8, 4) is 0 Å². The molecule has 0 radical (unpaired) electrons. The maximum atomic E-state index is 9.34. The minimum atomic E-state index is -0.0598. The minimum absolute atomic E-state index is 0.00269. The average molecular weight is 354 g/mol. The molecule has 0 atom stereocenters. The molecule has 0 bridgehead atoms. The van der Waals surface area contributed by atoms with Crippen LogP contribution in [0.1, 0.15) is 49.2 Å². The van der Waals surface area contributed by atoms with Gasteiger partial charge in [0.05, 0.1) is 25.7 Å². The van der Waals surface area contributed by atoms with E-state index in [-0.39, 0.29) is 12.5 Å². The van der Waals surface area contributed by atoms with Gasteiger partial charge in [-0.15, -0.1) is 0 Å². The fourth-order valence-electron chi connectivity index (χ4n) is 3.19. The van der Waals surface area contributed by atoms with Crippen LogP contribution < -0.4 is 4.90 Å². The van der Waals surface area contributed by atoms with Gasteiger partial charge in [-0.3, -0.25) is 0 Å². The molecule has 0 spiro atoms. The highest BCUT2D eigenvalue weighted by Crippen LogP contribution is 2.33. The second-order valence-electron chi connectivity index (χ2n) is 6.35. The Hall–Kier alpha value is -1.35. The van der Waals surface area contributed by atoms with Crippen LogP contribution in [0.25, 0.3) is 0 Å². The van der Waals surface area contributed by atoms with Gasteiger partial charge in [-0.05, 0) is 12.8 Å². The summed E-state index contributed by atoms with van der Waals surface area (Å²) >= 11 is 0. The van der Waals surface area contributed by atoms with Gasteiger partial charge in [0, 0.05) is 33.8 Å². The molecule has 1 aromatic rings. The Balaban J connectivity index is 2.38. The van der Waals surface area contributed by atoms with Crippen molar-refractivity contribution < 1.29 is 19.3 Å². The summed E-state index contributed by atoms with van der Waals surface area (Å²) in [6.45, 7) is 1.67. The number of aliphatic hydroxyl groups is 1. The lowest BCUT2D eigenvalue weighted by Crippen LogP contribution is -2.32. The zero-order valence-corrected chi connectivity index (χ0v) is 15.5. The van der Waals surface area contributed by atoms with E-state index in [1.54, 1.807) is 21.3 Å². The lowest BCUT2D eigenvalue weighted by molar-refractivity contribution is 0.113. The van der Waals surface area contributed by atoms with E-state index in [1.807, 2.05) is 4.90 Å². The van der Waals surface area contributed by atoms with Crippen LogP contribution in [0.3, 0.4) is 0 Å². The summed E-state index contributed by atoms with van der Waals surface area (Å²) < 4.78 is 15.9. The molecule has 0 aliphatic heterocycles. The van der Waals surface area contributed by atoms with Crippen LogP contribution in [-0.2, 0) is 14.2 Å². The maximum absolute atomic E-state index is 9.34. The fraction of sp³-hybridized carbons (Fsp3) is 0.824. The molecule has 1 heterocycles. The Labute approximate surface area is 149 Å². The molecule has 8 nitrogen and oxygen atoms in total. The molecule has 0 amide bonds. The number of nitrogens with zero attached hydrogens (tertiary/aromatic N) is 4. The Bertz CT molecular complexity index is 465. The van der Waals surface area contributed by atoms with Gasteiger partial charge < -0.3 is 24.2 Å². The van der Waals surface area contributed by atoms with Gasteiger partial charge in [-0.25, -0.2) is 4.98 Å². The Morgan fingerprint density at radius 2 is 1.72 bits per heavy atom. The van der Waals surface area contributed by atoms with E-state index >= 15 is 0 Å². The third kappa shape index (κ3) is 5.57. The molecule has 0 saturated heterocycles. The lowest BCUT2D eigenvalue weighted by atomic mass is 10.1. The van der Waals surface area contributed by atoms with E-state index in [0.717, 1.165) is 18.7 Å². The van der Waals surface area contributed by atoms with Gasteiger partial charge in [0.1, 0.15) is 18.4 Å². The maximum Gasteiger partial charge on any atom is 0.230 e. The quantitative estimate of drug-likeness (QED) is 0.595. The van der Waals surface area contributed by atoms with Gasteiger partial charge in [0.25, 0.3) is 0 Å². The number of hydrogen-bond acceptors (Lipinski definition) is 8. The molecule has 0 unspecified atom stereocenters. The summed E-state index contributed by atoms with van der Waals surface area (Å²) in [4.78, 5) is 15.9. The summed E-state index contributed by atoms with van der Waals surface area (Å²) in [7, 11) is 4.93. The van der Waals surface area contributed by atoms with Crippen LogP contribution in [0, 0.1) is 0 Å². The molecule has 25 heavy (non-hydrogen) atoms. The molecule has 8 heteroatoms. The van der Waals surface area contributed by atoms with E-state index < -0.39 is 0 Å². The van der Waals surface area contributed by atoms with Crippen molar-refractivity contribution in [3.05, 3.63) is 11.6 Å². The Kier molecular flexibility index (Phi) is 8.47. The number of anilines is 1. The SMILES string of the molecule is COCC(COC)c1nc(C2CCCC2)nc(N(CCO)COC)n1. The van der Waals surface area contributed by atoms with Crippen molar-refractivity contribution in [1.29, 1.82) is 0 Å². The average Bonchev–Trinajstić information content (AvgIpc) is 3.16. The number of hydrogen-bond donors (Lipinski definition) is 1. The number of aliphatic hydroxyl groups excluding tert-OH is 1. The van der Waals surface area contributed by atoms with E-state index in [0.29, 0.717) is 44.2 Å². The summed E-state index contributed by atoms with van der Waals surface area (Å²) in [5, 5.41) is 9.34. The van der Waals surface area contributed by atoms with Crippen molar-refractivity contribution in [2.75, 3.05) is 59.3 Å². The summed E-state index contributed by atoms with van der Waals surface area (Å²) in [6, 6.07) is 0. The smallest absolute Gasteiger partial charge is 0.230 e. The normalized spacial score (nSPS) is 15.2. The van der Waals surface area contributed by atoms with Crippen LogP contribution in [0.5, 0.6) is 0 Å². The predicted octanol–water partition coefficient (Wildman–Crippen LogP) is 1.31. The third-order valence-corrected chi connectivity index (χ3v) is 4.42. The van der Waals surface area contributed by atoms with Crippen molar-refractivity contribution in [2.24, 2.45) is 0 Å². The van der Waals surface area contributed by atoms with Gasteiger partial charge in [-0.2, -0.15) is 9.97 Å². The summed E-state index contributed by atoms with van der Waals surface area (Å²) in [5.74, 6) is 2.35. The third-order valence-electron chi connectivity index (χ3n) is 4.42.